The number of aryl methyl sites for hydroxylation is 1. The minimum atomic E-state index is -0.407. The lowest BCUT2D eigenvalue weighted by atomic mass is 10.1. The molecule has 20 heavy (non-hydrogen) atoms. The molecule has 1 fully saturated rings. The zero-order chi connectivity index (χ0) is 13.8. The molecule has 1 aliphatic rings. The molecule has 4 nitrogen and oxygen atoms in total. The molecule has 1 heterocycles. The summed E-state index contributed by atoms with van der Waals surface area (Å²) in [4.78, 5) is 11.9. The first-order valence-corrected chi connectivity index (χ1v) is 6.48. The van der Waals surface area contributed by atoms with Crippen LogP contribution in [-0.2, 0) is 16.1 Å². The van der Waals surface area contributed by atoms with Crippen molar-refractivity contribution < 1.29 is 13.9 Å². The first-order chi connectivity index (χ1) is 9.10. The van der Waals surface area contributed by atoms with Crippen molar-refractivity contribution in [1.29, 1.82) is 0 Å². The largest absolute Gasteiger partial charge is 0.364 e. The summed E-state index contributed by atoms with van der Waals surface area (Å²) < 4.78 is 18.6. The van der Waals surface area contributed by atoms with E-state index in [9.17, 15) is 9.18 Å². The van der Waals surface area contributed by atoms with Gasteiger partial charge in [0.2, 0.25) is 5.91 Å². The maximum Gasteiger partial charge on any atom is 0.249 e. The van der Waals surface area contributed by atoms with E-state index in [1.165, 1.54) is 6.07 Å². The van der Waals surface area contributed by atoms with Crippen LogP contribution in [0.3, 0.4) is 0 Å². The van der Waals surface area contributed by atoms with Crippen LogP contribution < -0.4 is 11.1 Å². The molecule has 6 heteroatoms. The molecule has 112 valence electrons. The summed E-state index contributed by atoms with van der Waals surface area (Å²) in [5.41, 5.74) is 6.95. The summed E-state index contributed by atoms with van der Waals surface area (Å²) in [6.45, 7) is 2.53. The van der Waals surface area contributed by atoms with Gasteiger partial charge in [0.15, 0.2) is 0 Å². The van der Waals surface area contributed by atoms with Crippen LogP contribution in [0.15, 0.2) is 18.2 Å². The van der Waals surface area contributed by atoms with Crippen molar-refractivity contribution in [3.63, 3.8) is 0 Å². The summed E-state index contributed by atoms with van der Waals surface area (Å²) in [6, 6.07) is 4.81. The molecule has 3 N–H and O–H groups in total. The fourth-order valence-electron chi connectivity index (χ4n) is 2.19. The molecule has 2 atom stereocenters. The lowest BCUT2D eigenvalue weighted by Crippen LogP contribution is -2.35. The molecule has 1 aliphatic heterocycles. The van der Waals surface area contributed by atoms with Crippen LogP contribution in [0.25, 0.3) is 0 Å². The number of nitrogens with two attached hydrogens (primary N) is 1. The van der Waals surface area contributed by atoms with E-state index in [1.54, 1.807) is 19.1 Å². The Hall–Kier alpha value is -1.17. The van der Waals surface area contributed by atoms with Gasteiger partial charge in [0.1, 0.15) is 11.9 Å². The molecular weight excluding hydrogens is 283 g/mol. The van der Waals surface area contributed by atoms with Gasteiger partial charge < -0.3 is 15.8 Å². The predicted molar refractivity (Wildman–Crippen MR) is 77.2 cm³/mol. The quantitative estimate of drug-likeness (QED) is 0.889. The Morgan fingerprint density at radius 3 is 2.85 bits per heavy atom. The van der Waals surface area contributed by atoms with Crippen LogP contribution in [0, 0.1) is 12.7 Å². The van der Waals surface area contributed by atoms with Crippen LogP contribution in [0.5, 0.6) is 0 Å². The van der Waals surface area contributed by atoms with Gasteiger partial charge in [-0.25, -0.2) is 4.39 Å². The molecule has 0 unspecified atom stereocenters. The summed E-state index contributed by atoms with van der Waals surface area (Å²) in [7, 11) is 0. The Labute approximate surface area is 124 Å². The van der Waals surface area contributed by atoms with Crippen LogP contribution in [-0.4, -0.2) is 24.7 Å². The van der Waals surface area contributed by atoms with Gasteiger partial charge in [0.05, 0.1) is 6.10 Å². The van der Waals surface area contributed by atoms with Gasteiger partial charge in [0.25, 0.3) is 0 Å². The van der Waals surface area contributed by atoms with Crippen LogP contribution in [0.4, 0.5) is 4.39 Å². The maximum atomic E-state index is 13.1. The van der Waals surface area contributed by atoms with E-state index >= 15 is 0 Å². The van der Waals surface area contributed by atoms with Gasteiger partial charge in [-0.05, 0) is 37.0 Å². The second-order valence-corrected chi connectivity index (χ2v) is 4.86. The number of benzene rings is 1. The van der Waals surface area contributed by atoms with E-state index in [0.717, 1.165) is 12.0 Å². The maximum absolute atomic E-state index is 13.1. The standard InChI is InChI=1S/C14H19FN2O2.ClH/c1-9-6-10(2-4-12(9)15)8-17-14(18)13-5-3-11(7-16)19-13;/h2,4,6,11,13H,3,5,7-8,16H2,1H3,(H,17,18);1H/t11-,13+;/m1./s1. The summed E-state index contributed by atoms with van der Waals surface area (Å²) in [5, 5.41) is 2.81. The van der Waals surface area contributed by atoms with Crippen molar-refractivity contribution in [2.24, 2.45) is 5.73 Å². The number of carbonyl (C=O) groups excluding carboxylic acids is 1. The number of hydrogen-bond acceptors (Lipinski definition) is 3. The van der Waals surface area contributed by atoms with Gasteiger partial charge in [-0.2, -0.15) is 0 Å². The van der Waals surface area contributed by atoms with E-state index in [-0.39, 0.29) is 30.2 Å². The Morgan fingerprint density at radius 1 is 1.50 bits per heavy atom. The number of halogens is 2. The van der Waals surface area contributed by atoms with Gasteiger partial charge in [-0.1, -0.05) is 12.1 Å². The second-order valence-electron chi connectivity index (χ2n) is 4.86. The molecule has 0 aromatic heterocycles. The van der Waals surface area contributed by atoms with Gasteiger partial charge in [-0.15, -0.1) is 12.4 Å². The number of amides is 1. The highest BCUT2D eigenvalue weighted by Crippen LogP contribution is 2.19. The SMILES string of the molecule is Cc1cc(CNC(=O)[C@@H]2CC[C@H](CN)O2)ccc1F.Cl. The molecule has 0 spiro atoms. The van der Waals surface area contributed by atoms with Gasteiger partial charge in [0, 0.05) is 13.1 Å². The average Bonchev–Trinajstić information content (AvgIpc) is 2.88. The summed E-state index contributed by atoms with van der Waals surface area (Å²) in [5.74, 6) is -0.363. The molecule has 0 saturated carbocycles. The number of rotatable bonds is 4. The fraction of sp³-hybridized carbons (Fsp3) is 0.500. The van der Waals surface area contributed by atoms with Crippen molar-refractivity contribution in [2.45, 2.75) is 38.5 Å². The monoisotopic (exact) mass is 302 g/mol. The van der Waals surface area contributed by atoms with E-state index in [4.69, 9.17) is 10.5 Å². The van der Waals surface area contributed by atoms with Crippen molar-refractivity contribution in [3.05, 3.63) is 35.1 Å². The van der Waals surface area contributed by atoms with E-state index in [0.29, 0.717) is 25.1 Å². The normalized spacial score (nSPS) is 21.4. The molecule has 0 radical (unpaired) electrons. The minimum Gasteiger partial charge on any atom is -0.364 e. The number of hydrogen-bond donors (Lipinski definition) is 2. The third-order valence-corrected chi connectivity index (χ3v) is 3.35. The molecule has 2 rings (SSSR count). The Morgan fingerprint density at radius 2 is 2.25 bits per heavy atom. The van der Waals surface area contributed by atoms with Crippen molar-refractivity contribution >= 4 is 18.3 Å². The molecule has 1 saturated heterocycles. The van der Waals surface area contributed by atoms with E-state index < -0.39 is 6.10 Å². The molecule has 1 amide bonds. The number of carbonyl (C=O) groups is 1. The Balaban J connectivity index is 0.00000200. The third kappa shape index (κ3) is 4.16. The first-order valence-electron chi connectivity index (χ1n) is 6.48. The van der Waals surface area contributed by atoms with Crippen molar-refractivity contribution in [3.8, 4) is 0 Å². The predicted octanol–water partition coefficient (Wildman–Crippen LogP) is 1.68. The second kappa shape index (κ2) is 7.57. The van der Waals surface area contributed by atoms with Crippen LogP contribution >= 0.6 is 12.4 Å². The van der Waals surface area contributed by atoms with Gasteiger partial charge >= 0.3 is 0 Å². The van der Waals surface area contributed by atoms with Crippen LogP contribution in [0.1, 0.15) is 24.0 Å². The molecule has 0 bridgehead atoms. The molecule has 1 aromatic rings. The Kier molecular flexibility index (Phi) is 6.39. The smallest absolute Gasteiger partial charge is 0.249 e. The zero-order valence-corrected chi connectivity index (χ0v) is 12.2. The molecule has 1 aromatic carbocycles. The molecular formula is C14H20ClFN2O2. The van der Waals surface area contributed by atoms with E-state index in [2.05, 4.69) is 5.32 Å². The Bertz CT molecular complexity index is 470. The highest BCUT2D eigenvalue weighted by atomic mass is 35.5. The average molecular weight is 303 g/mol. The number of ether oxygens (including phenoxy) is 1. The third-order valence-electron chi connectivity index (χ3n) is 3.35. The summed E-state index contributed by atoms with van der Waals surface area (Å²) in [6.07, 6.45) is 1.11. The fourth-order valence-corrected chi connectivity index (χ4v) is 2.19. The molecule has 0 aliphatic carbocycles. The van der Waals surface area contributed by atoms with Crippen molar-refractivity contribution in [1.82, 2.24) is 5.32 Å². The lowest BCUT2D eigenvalue weighted by Gasteiger charge is -2.13. The lowest BCUT2D eigenvalue weighted by molar-refractivity contribution is -0.132. The minimum absolute atomic E-state index is 0. The van der Waals surface area contributed by atoms with E-state index in [1.807, 2.05) is 0 Å². The van der Waals surface area contributed by atoms with Crippen molar-refractivity contribution in [2.75, 3.05) is 6.54 Å². The van der Waals surface area contributed by atoms with Gasteiger partial charge in [-0.3, -0.25) is 4.79 Å². The summed E-state index contributed by atoms with van der Waals surface area (Å²) >= 11 is 0. The highest BCUT2D eigenvalue weighted by molar-refractivity contribution is 5.85. The number of nitrogens with one attached hydrogen (secondary N) is 1. The highest BCUT2D eigenvalue weighted by Gasteiger charge is 2.29. The zero-order valence-electron chi connectivity index (χ0n) is 11.4. The first kappa shape index (κ1) is 16.9. The topological polar surface area (TPSA) is 64.4 Å². The van der Waals surface area contributed by atoms with Crippen LogP contribution in [0.2, 0.25) is 0 Å².